The third-order valence-electron chi connectivity index (χ3n) is 3.88. The largest absolute Gasteiger partial charge is 0.497 e. The molecule has 0 saturated carbocycles. The molecular formula is C21H22O6. The van der Waals surface area contributed by atoms with Crippen molar-refractivity contribution in [1.82, 2.24) is 0 Å². The van der Waals surface area contributed by atoms with E-state index >= 15 is 0 Å². The highest BCUT2D eigenvalue weighted by Gasteiger charge is 2.18. The van der Waals surface area contributed by atoms with Crippen LogP contribution in [0.3, 0.4) is 0 Å². The monoisotopic (exact) mass is 370 g/mol. The van der Waals surface area contributed by atoms with Crippen molar-refractivity contribution in [3.05, 3.63) is 59.7 Å². The van der Waals surface area contributed by atoms with E-state index in [2.05, 4.69) is 0 Å². The standard InChI is InChI=1S/C21H22O6/c1-14(21(23)16-6-9-17(24-2)10-7-16)27-20(22)12-8-15-5-11-18(25-3)13-19(15)26-4/h5-14H,1-4H3/b12-8+/t14-/m1/s1. The van der Waals surface area contributed by atoms with E-state index in [0.29, 0.717) is 28.4 Å². The van der Waals surface area contributed by atoms with Crippen molar-refractivity contribution in [3.8, 4) is 17.2 Å². The fourth-order valence-corrected chi connectivity index (χ4v) is 2.37. The van der Waals surface area contributed by atoms with Crippen LogP contribution in [-0.2, 0) is 9.53 Å². The molecule has 0 aliphatic heterocycles. The summed E-state index contributed by atoms with van der Waals surface area (Å²) in [6.45, 7) is 1.53. The Balaban J connectivity index is 2.01. The maximum atomic E-state index is 12.3. The number of hydrogen-bond acceptors (Lipinski definition) is 6. The highest BCUT2D eigenvalue weighted by Crippen LogP contribution is 2.25. The fourth-order valence-electron chi connectivity index (χ4n) is 2.37. The van der Waals surface area contributed by atoms with Crippen LogP contribution in [0, 0.1) is 0 Å². The molecule has 0 N–H and O–H groups in total. The summed E-state index contributed by atoms with van der Waals surface area (Å²) < 4.78 is 20.6. The van der Waals surface area contributed by atoms with Crippen LogP contribution in [0.2, 0.25) is 0 Å². The summed E-state index contributed by atoms with van der Waals surface area (Å²) in [5.41, 5.74) is 1.13. The molecule has 1 atom stereocenters. The normalized spacial score (nSPS) is 11.7. The number of hydrogen-bond donors (Lipinski definition) is 0. The maximum absolute atomic E-state index is 12.3. The lowest BCUT2D eigenvalue weighted by Crippen LogP contribution is -2.23. The third kappa shape index (κ3) is 5.34. The second-order valence-corrected chi connectivity index (χ2v) is 5.61. The van der Waals surface area contributed by atoms with Crippen molar-refractivity contribution in [1.29, 1.82) is 0 Å². The van der Waals surface area contributed by atoms with Gasteiger partial charge in [-0.2, -0.15) is 0 Å². The molecule has 6 heteroatoms. The van der Waals surface area contributed by atoms with Gasteiger partial charge in [-0.05, 0) is 49.4 Å². The number of carbonyl (C=O) groups excluding carboxylic acids is 2. The van der Waals surface area contributed by atoms with E-state index in [1.54, 1.807) is 62.8 Å². The summed E-state index contributed by atoms with van der Waals surface area (Å²) >= 11 is 0. The zero-order chi connectivity index (χ0) is 19.8. The van der Waals surface area contributed by atoms with Crippen LogP contribution in [0.5, 0.6) is 17.2 Å². The number of carbonyl (C=O) groups is 2. The van der Waals surface area contributed by atoms with Crippen LogP contribution in [-0.4, -0.2) is 39.2 Å². The minimum atomic E-state index is -0.909. The average molecular weight is 370 g/mol. The number of Topliss-reactive ketones (excluding diaryl/α,β-unsaturated/α-hetero) is 1. The van der Waals surface area contributed by atoms with Gasteiger partial charge < -0.3 is 18.9 Å². The summed E-state index contributed by atoms with van der Waals surface area (Å²) in [5.74, 6) is 0.933. The van der Waals surface area contributed by atoms with Gasteiger partial charge in [0.05, 0.1) is 21.3 Å². The molecule has 0 saturated heterocycles. The zero-order valence-corrected chi connectivity index (χ0v) is 15.7. The van der Waals surface area contributed by atoms with E-state index in [4.69, 9.17) is 18.9 Å². The molecule has 142 valence electrons. The summed E-state index contributed by atoms with van der Waals surface area (Å²) in [7, 11) is 4.63. The van der Waals surface area contributed by atoms with Gasteiger partial charge in [-0.1, -0.05) is 0 Å². The molecule has 2 aromatic carbocycles. The van der Waals surface area contributed by atoms with E-state index in [0.717, 1.165) is 0 Å². The Labute approximate surface area is 158 Å². The van der Waals surface area contributed by atoms with Gasteiger partial charge in [-0.3, -0.25) is 4.79 Å². The first-order valence-corrected chi connectivity index (χ1v) is 8.27. The van der Waals surface area contributed by atoms with Crippen LogP contribution >= 0.6 is 0 Å². The van der Waals surface area contributed by atoms with E-state index in [1.807, 2.05) is 0 Å². The second-order valence-electron chi connectivity index (χ2n) is 5.61. The maximum Gasteiger partial charge on any atom is 0.331 e. The van der Waals surface area contributed by atoms with Gasteiger partial charge in [-0.25, -0.2) is 4.79 Å². The molecule has 0 aliphatic carbocycles. The van der Waals surface area contributed by atoms with Gasteiger partial charge in [0, 0.05) is 23.3 Å². The van der Waals surface area contributed by atoms with Gasteiger partial charge in [-0.15, -0.1) is 0 Å². The first-order chi connectivity index (χ1) is 13.0. The average Bonchev–Trinajstić information content (AvgIpc) is 2.71. The highest BCUT2D eigenvalue weighted by molar-refractivity contribution is 6.01. The van der Waals surface area contributed by atoms with E-state index in [9.17, 15) is 9.59 Å². The predicted molar refractivity (Wildman–Crippen MR) is 101 cm³/mol. The quantitative estimate of drug-likeness (QED) is 0.402. The lowest BCUT2D eigenvalue weighted by atomic mass is 10.1. The minimum Gasteiger partial charge on any atom is -0.497 e. The number of esters is 1. The fraction of sp³-hybridized carbons (Fsp3) is 0.238. The third-order valence-corrected chi connectivity index (χ3v) is 3.88. The smallest absolute Gasteiger partial charge is 0.331 e. The molecule has 0 bridgehead atoms. The molecule has 27 heavy (non-hydrogen) atoms. The molecule has 0 aromatic heterocycles. The molecule has 0 heterocycles. The molecule has 0 fully saturated rings. The summed E-state index contributed by atoms with van der Waals surface area (Å²) in [6.07, 6.45) is 1.90. The molecule has 0 amide bonds. The lowest BCUT2D eigenvalue weighted by Gasteiger charge is -2.11. The van der Waals surface area contributed by atoms with E-state index in [-0.39, 0.29) is 5.78 Å². The Morgan fingerprint density at radius 2 is 1.52 bits per heavy atom. The van der Waals surface area contributed by atoms with Gasteiger partial charge in [0.25, 0.3) is 0 Å². The van der Waals surface area contributed by atoms with E-state index in [1.165, 1.54) is 20.1 Å². The molecule has 2 aromatic rings. The van der Waals surface area contributed by atoms with Gasteiger partial charge >= 0.3 is 5.97 Å². The number of rotatable bonds is 8. The van der Waals surface area contributed by atoms with Crippen LogP contribution in [0.15, 0.2) is 48.5 Å². The van der Waals surface area contributed by atoms with Crippen molar-refractivity contribution in [2.45, 2.75) is 13.0 Å². The Kier molecular flexibility index (Phi) is 7.00. The van der Waals surface area contributed by atoms with Gasteiger partial charge in [0.1, 0.15) is 17.2 Å². The number of methoxy groups -OCH3 is 3. The highest BCUT2D eigenvalue weighted by atomic mass is 16.5. The Hall–Kier alpha value is -3.28. The Bertz CT molecular complexity index is 823. The minimum absolute atomic E-state index is 0.290. The molecule has 2 rings (SSSR count). The lowest BCUT2D eigenvalue weighted by molar-refractivity contribution is -0.140. The Morgan fingerprint density at radius 1 is 0.889 bits per heavy atom. The van der Waals surface area contributed by atoms with Gasteiger partial charge in [0.15, 0.2) is 6.10 Å². The predicted octanol–water partition coefficient (Wildman–Crippen LogP) is 3.54. The van der Waals surface area contributed by atoms with Crippen molar-refractivity contribution < 1.29 is 28.5 Å². The first kappa shape index (κ1) is 20.0. The van der Waals surface area contributed by atoms with Crippen LogP contribution < -0.4 is 14.2 Å². The molecular weight excluding hydrogens is 348 g/mol. The summed E-state index contributed by atoms with van der Waals surface area (Å²) in [5, 5.41) is 0. The van der Waals surface area contributed by atoms with Crippen molar-refractivity contribution in [2.24, 2.45) is 0 Å². The number of ketones is 1. The SMILES string of the molecule is COc1ccc(C(=O)[C@@H](C)OC(=O)/C=C/c2ccc(OC)cc2OC)cc1. The summed E-state index contributed by atoms with van der Waals surface area (Å²) in [4.78, 5) is 24.4. The van der Waals surface area contributed by atoms with Crippen LogP contribution in [0.25, 0.3) is 6.08 Å². The van der Waals surface area contributed by atoms with Gasteiger partial charge in [0.2, 0.25) is 5.78 Å². The van der Waals surface area contributed by atoms with Crippen LogP contribution in [0.1, 0.15) is 22.8 Å². The number of ether oxygens (including phenoxy) is 4. The Morgan fingerprint density at radius 3 is 2.11 bits per heavy atom. The molecule has 6 nitrogen and oxygen atoms in total. The number of benzene rings is 2. The molecule has 0 unspecified atom stereocenters. The zero-order valence-electron chi connectivity index (χ0n) is 15.7. The first-order valence-electron chi connectivity index (χ1n) is 8.27. The molecule has 0 aliphatic rings. The van der Waals surface area contributed by atoms with Crippen LogP contribution in [0.4, 0.5) is 0 Å². The summed E-state index contributed by atoms with van der Waals surface area (Å²) in [6, 6.07) is 11.8. The molecule has 0 radical (unpaired) electrons. The second kappa shape index (κ2) is 9.43. The van der Waals surface area contributed by atoms with Crippen molar-refractivity contribution in [3.63, 3.8) is 0 Å². The van der Waals surface area contributed by atoms with Crippen molar-refractivity contribution in [2.75, 3.05) is 21.3 Å². The van der Waals surface area contributed by atoms with Crippen molar-refractivity contribution >= 4 is 17.8 Å². The topological polar surface area (TPSA) is 71.1 Å². The van der Waals surface area contributed by atoms with E-state index < -0.39 is 12.1 Å². The molecule has 0 spiro atoms.